The standard InChI is InChI=1S/C10H8N2O3/c13-6-5-11-4-3-8-7-9(12(14)15)1-2-10(8)11/h1-4,6-7H,5H2. The van der Waals surface area contributed by atoms with Gasteiger partial charge in [0.25, 0.3) is 5.69 Å². The molecule has 0 unspecified atom stereocenters. The van der Waals surface area contributed by atoms with E-state index in [-0.39, 0.29) is 12.2 Å². The Morgan fingerprint density at radius 1 is 1.40 bits per heavy atom. The highest BCUT2D eigenvalue weighted by molar-refractivity contribution is 5.83. The van der Waals surface area contributed by atoms with Gasteiger partial charge in [-0.3, -0.25) is 10.1 Å². The predicted octanol–water partition coefficient (Wildman–Crippen LogP) is 1.75. The minimum absolute atomic E-state index is 0.0614. The Labute approximate surface area is 85.1 Å². The van der Waals surface area contributed by atoms with Gasteiger partial charge in [-0.1, -0.05) is 0 Å². The number of fused-ring (bicyclic) bond motifs is 1. The van der Waals surface area contributed by atoms with Gasteiger partial charge in [0.05, 0.1) is 11.5 Å². The number of nitro benzene ring substituents is 1. The Morgan fingerprint density at radius 3 is 2.87 bits per heavy atom. The van der Waals surface area contributed by atoms with E-state index in [1.807, 2.05) is 0 Å². The first-order valence-electron chi connectivity index (χ1n) is 4.39. The van der Waals surface area contributed by atoms with Crippen molar-refractivity contribution in [3.8, 4) is 0 Å². The van der Waals surface area contributed by atoms with Gasteiger partial charge in [-0.25, -0.2) is 0 Å². The van der Waals surface area contributed by atoms with E-state index >= 15 is 0 Å². The molecule has 0 saturated carbocycles. The lowest BCUT2D eigenvalue weighted by Gasteiger charge is -1.98. The summed E-state index contributed by atoms with van der Waals surface area (Å²) in [6.45, 7) is 0.265. The van der Waals surface area contributed by atoms with E-state index in [1.54, 1.807) is 22.9 Å². The molecule has 0 fully saturated rings. The van der Waals surface area contributed by atoms with Crippen LogP contribution in [0.1, 0.15) is 0 Å². The number of carbonyl (C=O) groups is 1. The molecule has 0 aliphatic heterocycles. The Hall–Kier alpha value is -2.17. The number of benzene rings is 1. The summed E-state index contributed by atoms with van der Waals surface area (Å²) in [5, 5.41) is 11.3. The smallest absolute Gasteiger partial charge is 0.270 e. The molecule has 15 heavy (non-hydrogen) atoms. The van der Waals surface area contributed by atoms with Gasteiger partial charge in [0.2, 0.25) is 0 Å². The molecule has 0 atom stereocenters. The highest BCUT2D eigenvalue weighted by atomic mass is 16.6. The predicted molar refractivity (Wildman–Crippen MR) is 54.7 cm³/mol. The first kappa shape index (κ1) is 9.39. The van der Waals surface area contributed by atoms with E-state index < -0.39 is 4.92 Å². The lowest BCUT2D eigenvalue weighted by molar-refractivity contribution is -0.384. The highest BCUT2D eigenvalue weighted by Gasteiger charge is 2.07. The second kappa shape index (κ2) is 3.53. The van der Waals surface area contributed by atoms with E-state index in [0.717, 1.165) is 17.2 Å². The molecule has 0 aliphatic carbocycles. The molecule has 2 aromatic rings. The lowest BCUT2D eigenvalue weighted by Crippen LogP contribution is -1.96. The van der Waals surface area contributed by atoms with Crippen LogP contribution in [0.15, 0.2) is 30.5 Å². The molecular formula is C10H8N2O3. The van der Waals surface area contributed by atoms with Crippen LogP contribution in [-0.2, 0) is 11.3 Å². The summed E-state index contributed by atoms with van der Waals surface area (Å²) in [6.07, 6.45) is 2.53. The minimum atomic E-state index is -0.434. The molecule has 76 valence electrons. The summed E-state index contributed by atoms with van der Waals surface area (Å²) in [5.41, 5.74) is 0.888. The zero-order valence-electron chi connectivity index (χ0n) is 7.79. The number of hydrogen-bond acceptors (Lipinski definition) is 3. The van der Waals surface area contributed by atoms with Crippen molar-refractivity contribution in [3.05, 3.63) is 40.6 Å². The summed E-state index contributed by atoms with van der Waals surface area (Å²) in [7, 11) is 0. The third-order valence-corrected chi connectivity index (χ3v) is 2.24. The van der Waals surface area contributed by atoms with Crippen LogP contribution >= 0.6 is 0 Å². The number of non-ortho nitro benzene ring substituents is 1. The number of hydrogen-bond donors (Lipinski definition) is 0. The molecule has 1 aromatic heterocycles. The van der Waals surface area contributed by atoms with Crippen LogP contribution in [0, 0.1) is 10.1 Å². The van der Waals surface area contributed by atoms with Crippen LogP contribution in [0.2, 0.25) is 0 Å². The number of aromatic nitrogens is 1. The number of carbonyl (C=O) groups excluding carboxylic acids is 1. The normalized spacial score (nSPS) is 10.4. The van der Waals surface area contributed by atoms with Gasteiger partial charge in [-0.2, -0.15) is 0 Å². The maximum atomic E-state index is 10.5. The Kier molecular flexibility index (Phi) is 2.21. The zero-order valence-corrected chi connectivity index (χ0v) is 7.79. The van der Waals surface area contributed by atoms with Gasteiger partial charge in [0, 0.05) is 29.2 Å². The average Bonchev–Trinajstić information content (AvgIpc) is 2.61. The molecule has 0 saturated heterocycles. The van der Waals surface area contributed by atoms with Crippen molar-refractivity contribution in [1.82, 2.24) is 4.57 Å². The molecule has 0 bridgehead atoms. The lowest BCUT2D eigenvalue weighted by atomic mass is 10.2. The van der Waals surface area contributed by atoms with E-state index in [9.17, 15) is 14.9 Å². The molecule has 0 N–H and O–H groups in total. The molecule has 0 spiro atoms. The molecule has 5 heteroatoms. The van der Waals surface area contributed by atoms with Gasteiger partial charge >= 0.3 is 0 Å². The van der Waals surface area contributed by atoms with E-state index in [0.29, 0.717) is 0 Å². The molecule has 2 rings (SSSR count). The Bertz CT molecular complexity index is 530. The van der Waals surface area contributed by atoms with Crippen molar-refractivity contribution in [2.45, 2.75) is 6.54 Å². The Balaban J connectivity index is 2.56. The van der Waals surface area contributed by atoms with Crippen molar-refractivity contribution in [1.29, 1.82) is 0 Å². The second-order valence-corrected chi connectivity index (χ2v) is 3.13. The van der Waals surface area contributed by atoms with E-state index in [1.165, 1.54) is 12.1 Å². The fraction of sp³-hybridized carbons (Fsp3) is 0.100. The Morgan fingerprint density at radius 2 is 2.20 bits per heavy atom. The molecule has 1 aromatic carbocycles. The van der Waals surface area contributed by atoms with Crippen LogP contribution in [0.5, 0.6) is 0 Å². The second-order valence-electron chi connectivity index (χ2n) is 3.13. The van der Waals surface area contributed by atoms with Gasteiger partial charge in [-0.15, -0.1) is 0 Å². The third kappa shape index (κ3) is 1.59. The molecule has 0 aliphatic rings. The van der Waals surface area contributed by atoms with Crippen molar-refractivity contribution < 1.29 is 9.72 Å². The number of aldehydes is 1. The SMILES string of the molecule is O=CCn1ccc2cc([N+](=O)[O-])ccc21. The maximum absolute atomic E-state index is 10.5. The summed E-state index contributed by atoms with van der Waals surface area (Å²) in [5.74, 6) is 0. The van der Waals surface area contributed by atoms with Crippen molar-refractivity contribution in [3.63, 3.8) is 0 Å². The summed E-state index contributed by atoms with van der Waals surface area (Å²) >= 11 is 0. The number of rotatable bonds is 3. The molecule has 0 radical (unpaired) electrons. The van der Waals surface area contributed by atoms with Crippen LogP contribution in [0.3, 0.4) is 0 Å². The van der Waals surface area contributed by atoms with Gasteiger partial charge < -0.3 is 9.36 Å². The van der Waals surface area contributed by atoms with Crippen molar-refractivity contribution in [2.75, 3.05) is 0 Å². The average molecular weight is 204 g/mol. The largest absolute Gasteiger partial charge is 0.340 e. The van der Waals surface area contributed by atoms with Crippen molar-refractivity contribution >= 4 is 22.9 Å². The van der Waals surface area contributed by atoms with Crippen LogP contribution in [0.25, 0.3) is 10.9 Å². The van der Waals surface area contributed by atoms with Crippen LogP contribution < -0.4 is 0 Å². The number of nitro groups is 1. The van der Waals surface area contributed by atoms with Gasteiger partial charge in [0.1, 0.15) is 6.29 Å². The molecule has 0 amide bonds. The van der Waals surface area contributed by atoms with Gasteiger partial charge in [-0.05, 0) is 12.1 Å². The molecule has 5 nitrogen and oxygen atoms in total. The zero-order chi connectivity index (χ0) is 10.8. The third-order valence-electron chi connectivity index (χ3n) is 2.24. The topological polar surface area (TPSA) is 65.1 Å². The van der Waals surface area contributed by atoms with Crippen molar-refractivity contribution in [2.24, 2.45) is 0 Å². The fourth-order valence-electron chi connectivity index (χ4n) is 1.54. The molecule has 1 heterocycles. The quantitative estimate of drug-likeness (QED) is 0.434. The van der Waals surface area contributed by atoms with E-state index in [4.69, 9.17) is 0 Å². The monoisotopic (exact) mass is 204 g/mol. The van der Waals surface area contributed by atoms with Crippen LogP contribution in [0.4, 0.5) is 5.69 Å². The maximum Gasteiger partial charge on any atom is 0.270 e. The first-order valence-corrected chi connectivity index (χ1v) is 4.39. The number of nitrogens with zero attached hydrogens (tertiary/aromatic N) is 2. The van der Waals surface area contributed by atoms with Crippen LogP contribution in [-0.4, -0.2) is 15.8 Å². The minimum Gasteiger partial charge on any atom is -0.340 e. The van der Waals surface area contributed by atoms with Gasteiger partial charge in [0.15, 0.2) is 0 Å². The highest BCUT2D eigenvalue weighted by Crippen LogP contribution is 2.21. The first-order chi connectivity index (χ1) is 7.22. The fourth-order valence-corrected chi connectivity index (χ4v) is 1.54. The van der Waals surface area contributed by atoms with E-state index in [2.05, 4.69) is 0 Å². The summed E-state index contributed by atoms with van der Waals surface area (Å²) < 4.78 is 1.74. The molecular weight excluding hydrogens is 196 g/mol. The summed E-state index contributed by atoms with van der Waals surface area (Å²) in [4.78, 5) is 20.4. The summed E-state index contributed by atoms with van der Waals surface area (Å²) in [6, 6.07) is 6.34.